The monoisotopic (exact) mass is 351 g/mol. The minimum absolute atomic E-state index is 0. The number of nitrogens with two attached hydrogens (primary N) is 1. The summed E-state index contributed by atoms with van der Waals surface area (Å²) in [5.41, 5.74) is 8.14. The molecule has 0 aliphatic carbocycles. The number of rotatable bonds is 7. The number of aromatic nitrogens is 1. The number of benzene rings is 1. The second kappa shape index (κ2) is 8.85. The number of hydrogen-bond acceptors (Lipinski definition) is 4. The van der Waals surface area contributed by atoms with Crippen molar-refractivity contribution >= 4 is 18.3 Å². The van der Waals surface area contributed by atoms with Crippen molar-refractivity contribution < 1.29 is 9.21 Å². The van der Waals surface area contributed by atoms with E-state index in [1.54, 1.807) is 13.2 Å². The average molecular weight is 352 g/mol. The first-order chi connectivity index (χ1) is 10.9. The fraction of sp³-hybridized carbons (Fsp3) is 0.444. The maximum absolute atomic E-state index is 12.0. The van der Waals surface area contributed by atoms with E-state index in [2.05, 4.69) is 10.3 Å². The fourth-order valence-electron chi connectivity index (χ4n) is 2.39. The molecule has 1 unspecified atom stereocenters. The van der Waals surface area contributed by atoms with Crippen LogP contribution in [0.25, 0.3) is 11.5 Å². The molecule has 0 aliphatic heterocycles. The number of carbonyl (C=O) groups is 1. The third-order valence-electron chi connectivity index (χ3n) is 3.81. The van der Waals surface area contributed by atoms with Crippen LogP contribution in [0.3, 0.4) is 0 Å². The first-order valence-electron chi connectivity index (χ1n) is 8.01. The third kappa shape index (κ3) is 5.35. The Labute approximate surface area is 149 Å². The topological polar surface area (TPSA) is 81.2 Å². The Hall–Kier alpha value is -1.85. The number of amides is 1. The van der Waals surface area contributed by atoms with Gasteiger partial charge in [0.2, 0.25) is 11.8 Å². The van der Waals surface area contributed by atoms with Crippen LogP contribution in [0.4, 0.5) is 0 Å². The highest BCUT2D eigenvalue weighted by atomic mass is 35.5. The molecule has 0 spiro atoms. The summed E-state index contributed by atoms with van der Waals surface area (Å²) < 4.78 is 5.51. The Morgan fingerprint density at radius 2 is 2.00 bits per heavy atom. The molecule has 0 fully saturated rings. The van der Waals surface area contributed by atoms with Crippen molar-refractivity contribution in [3.8, 4) is 11.5 Å². The summed E-state index contributed by atoms with van der Waals surface area (Å²) in [5.74, 6) is 0.475. The Morgan fingerprint density at radius 3 is 2.62 bits per heavy atom. The van der Waals surface area contributed by atoms with Gasteiger partial charge in [0, 0.05) is 18.5 Å². The highest BCUT2D eigenvalue weighted by molar-refractivity contribution is 5.85. The molecule has 1 amide bonds. The van der Waals surface area contributed by atoms with Crippen LogP contribution in [-0.2, 0) is 11.2 Å². The molecule has 24 heavy (non-hydrogen) atoms. The lowest BCUT2D eigenvalue weighted by molar-refractivity contribution is -0.126. The standard InChI is InChI=1S/C18H25N3O2.ClH/c1-4-10-18(3,19)17(22)20-11-9-15-12-23-16(21-15)14-7-5-13(2)6-8-14;/h5-8,12H,4,9-11,19H2,1-3H3,(H,20,22);1H. The van der Waals surface area contributed by atoms with Crippen molar-refractivity contribution in [3.63, 3.8) is 0 Å². The minimum atomic E-state index is -0.814. The lowest BCUT2D eigenvalue weighted by atomic mass is 9.96. The number of halogens is 1. The number of carbonyl (C=O) groups excluding carboxylic acids is 1. The van der Waals surface area contributed by atoms with E-state index in [0.717, 1.165) is 17.7 Å². The van der Waals surface area contributed by atoms with Gasteiger partial charge in [-0.3, -0.25) is 4.79 Å². The second-order valence-electron chi connectivity index (χ2n) is 6.18. The SMILES string of the molecule is CCCC(C)(N)C(=O)NCCc1coc(-c2ccc(C)cc2)n1.Cl. The van der Waals surface area contributed by atoms with Crippen LogP contribution >= 0.6 is 12.4 Å². The van der Waals surface area contributed by atoms with Gasteiger partial charge >= 0.3 is 0 Å². The largest absolute Gasteiger partial charge is 0.444 e. The quantitative estimate of drug-likeness (QED) is 0.802. The molecule has 132 valence electrons. The molecule has 1 aromatic heterocycles. The molecule has 2 aromatic rings. The van der Waals surface area contributed by atoms with Crippen molar-refractivity contribution in [2.75, 3.05) is 6.54 Å². The Kier molecular flexibility index (Phi) is 7.45. The van der Waals surface area contributed by atoms with Gasteiger partial charge in [-0.1, -0.05) is 31.0 Å². The maximum atomic E-state index is 12.0. The molecule has 0 radical (unpaired) electrons. The van der Waals surface area contributed by atoms with Gasteiger partial charge in [0.05, 0.1) is 11.2 Å². The van der Waals surface area contributed by atoms with E-state index in [4.69, 9.17) is 10.2 Å². The molecule has 2 rings (SSSR count). The van der Waals surface area contributed by atoms with Gasteiger partial charge in [-0.05, 0) is 32.4 Å². The predicted octanol–water partition coefficient (Wildman–Crippen LogP) is 3.25. The van der Waals surface area contributed by atoms with E-state index in [1.807, 2.05) is 38.1 Å². The number of hydrogen-bond donors (Lipinski definition) is 2. The summed E-state index contributed by atoms with van der Waals surface area (Å²) in [6.45, 7) is 6.31. The van der Waals surface area contributed by atoms with E-state index in [1.165, 1.54) is 5.56 Å². The van der Waals surface area contributed by atoms with Crippen LogP contribution in [0, 0.1) is 6.92 Å². The number of nitrogens with zero attached hydrogens (tertiary/aromatic N) is 1. The van der Waals surface area contributed by atoms with Gasteiger partial charge in [-0.15, -0.1) is 12.4 Å². The lowest BCUT2D eigenvalue weighted by Crippen LogP contribution is -2.51. The summed E-state index contributed by atoms with van der Waals surface area (Å²) in [7, 11) is 0. The van der Waals surface area contributed by atoms with Crippen molar-refractivity contribution in [1.82, 2.24) is 10.3 Å². The third-order valence-corrected chi connectivity index (χ3v) is 3.81. The molecule has 0 saturated carbocycles. The first kappa shape index (κ1) is 20.2. The van der Waals surface area contributed by atoms with Crippen LogP contribution in [0.2, 0.25) is 0 Å². The van der Waals surface area contributed by atoms with Crippen molar-refractivity contribution in [1.29, 1.82) is 0 Å². The molecule has 5 nitrogen and oxygen atoms in total. The smallest absolute Gasteiger partial charge is 0.239 e. The van der Waals surface area contributed by atoms with Gasteiger partial charge < -0.3 is 15.5 Å². The predicted molar refractivity (Wildman–Crippen MR) is 98.1 cm³/mol. The minimum Gasteiger partial charge on any atom is -0.444 e. The molecule has 3 N–H and O–H groups in total. The van der Waals surface area contributed by atoms with Gasteiger partial charge in [-0.2, -0.15) is 0 Å². The zero-order valence-corrected chi connectivity index (χ0v) is 15.3. The van der Waals surface area contributed by atoms with E-state index in [9.17, 15) is 4.79 Å². The molecule has 0 aliphatic rings. The highest BCUT2D eigenvalue weighted by Gasteiger charge is 2.26. The highest BCUT2D eigenvalue weighted by Crippen LogP contribution is 2.19. The number of aryl methyl sites for hydroxylation is 1. The van der Waals surface area contributed by atoms with Crippen LogP contribution in [0.1, 0.15) is 37.9 Å². The number of nitrogens with one attached hydrogen (secondary N) is 1. The van der Waals surface area contributed by atoms with E-state index < -0.39 is 5.54 Å². The molecule has 6 heteroatoms. The van der Waals surface area contributed by atoms with E-state index in [-0.39, 0.29) is 18.3 Å². The molecule has 1 atom stereocenters. The van der Waals surface area contributed by atoms with E-state index in [0.29, 0.717) is 25.3 Å². The molecular formula is C18H26ClN3O2. The molecule has 1 heterocycles. The molecule has 0 bridgehead atoms. The second-order valence-corrected chi connectivity index (χ2v) is 6.18. The van der Waals surface area contributed by atoms with Crippen molar-refractivity contribution in [3.05, 3.63) is 41.8 Å². The summed E-state index contributed by atoms with van der Waals surface area (Å²) in [5, 5.41) is 2.87. The van der Waals surface area contributed by atoms with Gasteiger partial charge in [0.1, 0.15) is 6.26 Å². The van der Waals surface area contributed by atoms with Crippen molar-refractivity contribution in [2.24, 2.45) is 5.73 Å². The van der Waals surface area contributed by atoms with Gasteiger partial charge in [-0.25, -0.2) is 4.98 Å². The van der Waals surface area contributed by atoms with Crippen LogP contribution in [0.5, 0.6) is 0 Å². The normalized spacial score (nSPS) is 13.0. The average Bonchev–Trinajstić information content (AvgIpc) is 2.96. The lowest BCUT2D eigenvalue weighted by Gasteiger charge is -2.22. The molecular weight excluding hydrogens is 326 g/mol. The zero-order chi connectivity index (χ0) is 16.9. The fourth-order valence-corrected chi connectivity index (χ4v) is 2.39. The van der Waals surface area contributed by atoms with Crippen LogP contribution in [0.15, 0.2) is 34.9 Å². The van der Waals surface area contributed by atoms with Crippen molar-refractivity contribution in [2.45, 2.75) is 45.6 Å². The van der Waals surface area contributed by atoms with Gasteiger partial charge in [0.15, 0.2) is 0 Å². The number of oxazole rings is 1. The summed E-state index contributed by atoms with van der Waals surface area (Å²) in [6.07, 6.45) is 3.79. The zero-order valence-electron chi connectivity index (χ0n) is 14.5. The summed E-state index contributed by atoms with van der Waals surface area (Å²) >= 11 is 0. The first-order valence-corrected chi connectivity index (χ1v) is 8.01. The summed E-state index contributed by atoms with van der Waals surface area (Å²) in [6, 6.07) is 8.01. The Morgan fingerprint density at radius 1 is 1.33 bits per heavy atom. The van der Waals surface area contributed by atoms with Gasteiger partial charge in [0.25, 0.3) is 0 Å². The molecule has 1 aromatic carbocycles. The Balaban J connectivity index is 0.00000288. The molecule has 0 saturated heterocycles. The van der Waals surface area contributed by atoms with Crippen LogP contribution in [-0.4, -0.2) is 23.0 Å². The maximum Gasteiger partial charge on any atom is 0.239 e. The summed E-state index contributed by atoms with van der Waals surface area (Å²) in [4.78, 5) is 16.5. The Bertz CT molecular complexity index is 651. The van der Waals surface area contributed by atoms with Crippen LogP contribution < -0.4 is 11.1 Å². The van der Waals surface area contributed by atoms with E-state index >= 15 is 0 Å².